The van der Waals surface area contributed by atoms with E-state index in [0.717, 1.165) is 25.0 Å². The van der Waals surface area contributed by atoms with E-state index < -0.39 is 0 Å². The maximum atomic E-state index is 4.98. The van der Waals surface area contributed by atoms with Crippen LogP contribution in [0.2, 0.25) is 0 Å². The van der Waals surface area contributed by atoms with Crippen LogP contribution in [0.4, 0.5) is 0 Å². The van der Waals surface area contributed by atoms with Crippen molar-refractivity contribution in [3.05, 3.63) is 11.1 Å². The molecule has 2 nitrogen and oxygen atoms in total. The van der Waals surface area contributed by atoms with E-state index in [1.165, 1.54) is 19.3 Å². The molecule has 60 valence electrons. The minimum absolute atomic E-state index is 0.747. The van der Waals surface area contributed by atoms with Crippen molar-refractivity contribution >= 4 is 0 Å². The van der Waals surface area contributed by atoms with Crippen LogP contribution in [0.15, 0.2) is 11.1 Å². The lowest BCUT2D eigenvalue weighted by atomic mass is 9.92. The van der Waals surface area contributed by atoms with E-state index in [1.807, 2.05) is 0 Å². The second-order valence-electron chi connectivity index (χ2n) is 3.78. The minimum atomic E-state index is 0.747. The molecular formula is C9H12O2. The standard InChI is InChI=1S/C9H12O2/c1-2-7-3-6(1)8-4-10-11-5-9(7)8/h6-7H,1-5H2. The third-order valence-electron chi connectivity index (χ3n) is 3.34. The zero-order valence-corrected chi connectivity index (χ0v) is 6.51. The first-order chi connectivity index (χ1) is 5.45. The summed E-state index contributed by atoms with van der Waals surface area (Å²) >= 11 is 0. The molecule has 2 aliphatic carbocycles. The third-order valence-corrected chi connectivity index (χ3v) is 3.34. The van der Waals surface area contributed by atoms with E-state index in [1.54, 1.807) is 11.1 Å². The SMILES string of the molecule is C1OOCC2=C1C1CCC2C1. The van der Waals surface area contributed by atoms with Gasteiger partial charge in [0.25, 0.3) is 0 Å². The van der Waals surface area contributed by atoms with Gasteiger partial charge in [0.05, 0.1) is 0 Å². The second-order valence-corrected chi connectivity index (χ2v) is 3.78. The Bertz CT molecular complexity index is 198. The Labute approximate surface area is 66.1 Å². The molecular weight excluding hydrogens is 140 g/mol. The van der Waals surface area contributed by atoms with Gasteiger partial charge >= 0.3 is 0 Å². The van der Waals surface area contributed by atoms with Crippen LogP contribution in [0.1, 0.15) is 19.3 Å². The Morgan fingerprint density at radius 1 is 0.909 bits per heavy atom. The van der Waals surface area contributed by atoms with Gasteiger partial charge in [-0.05, 0) is 42.2 Å². The fourth-order valence-electron chi connectivity index (χ4n) is 2.77. The topological polar surface area (TPSA) is 18.5 Å². The van der Waals surface area contributed by atoms with Gasteiger partial charge in [0.1, 0.15) is 13.2 Å². The zero-order valence-electron chi connectivity index (χ0n) is 6.51. The lowest BCUT2D eigenvalue weighted by Crippen LogP contribution is -2.18. The zero-order chi connectivity index (χ0) is 7.26. The first-order valence-corrected chi connectivity index (χ1v) is 4.41. The number of rotatable bonds is 0. The molecule has 0 radical (unpaired) electrons. The summed E-state index contributed by atoms with van der Waals surface area (Å²) in [5, 5.41) is 0. The van der Waals surface area contributed by atoms with E-state index in [0.29, 0.717) is 0 Å². The van der Waals surface area contributed by atoms with Gasteiger partial charge in [-0.1, -0.05) is 0 Å². The van der Waals surface area contributed by atoms with Crippen LogP contribution in [-0.4, -0.2) is 13.2 Å². The Balaban J connectivity index is 2.00. The first kappa shape index (κ1) is 6.21. The fraction of sp³-hybridized carbons (Fsp3) is 0.778. The van der Waals surface area contributed by atoms with Crippen molar-refractivity contribution in [1.82, 2.24) is 0 Å². The van der Waals surface area contributed by atoms with Crippen molar-refractivity contribution in [2.75, 3.05) is 13.2 Å². The van der Waals surface area contributed by atoms with E-state index in [4.69, 9.17) is 9.78 Å². The van der Waals surface area contributed by atoms with Gasteiger partial charge in [-0.2, -0.15) is 0 Å². The Hall–Kier alpha value is -0.340. The van der Waals surface area contributed by atoms with E-state index in [2.05, 4.69) is 0 Å². The monoisotopic (exact) mass is 152 g/mol. The van der Waals surface area contributed by atoms with Crippen molar-refractivity contribution < 1.29 is 9.78 Å². The van der Waals surface area contributed by atoms with Gasteiger partial charge in [-0.15, -0.1) is 0 Å². The largest absolute Gasteiger partial charge is 0.232 e. The fourth-order valence-corrected chi connectivity index (χ4v) is 2.77. The molecule has 0 aromatic heterocycles. The van der Waals surface area contributed by atoms with Crippen LogP contribution in [0.25, 0.3) is 0 Å². The van der Waals surface area contributed by atoms with Gasteiger partial charge in [0, 0.05) is 0 Å². The maximum Gasteiger partial charge on any atom is 0.104 e. The molecule has 0 saturated heterocycles. The molecule has 1 aliphatic heterocycles. The van der Waals surface area contributed by atoms with Crippen molar-refractivity contribution in [2.24, 2.45) is 11.8 Å². The highest BCUT2D eigenvalue weighted by Crippen LogP contribution is 2.49. The van der Waals surface area contributed by atoms with E-state index in [-0.39, 0.29) is 0 Å². The molecule has 2 heteroatoms. The van der Waals surface area contributed by atoms with Crippen molar-refractivity contribution in [3.8, 4) is 0 Å². The first-order valence-electron chi connectivity index (χ1n) is 4.41. The Morgan fingerprint density at radius 3 is 2.00 bits per heavy atom. The summed E-state index contributed by atoms with van der Waals surface area (Å²) in [4.78, 5) is 9.96. The summed E-state index contributed by atoms with van der Waals surface area (Å²) in [7, 11) is 0. The van der Waals surface area contributed by atoms with Crippen LogP contribution in [0.3, 0.4) is 0 Å². The molecule has 1 heterocycles. The van der Waals surface area contributed by atoms with E-state index in [9.17, 15) is 0 Å². The third kappa shape index (κ3) is 0.741. The van der Waals surface area contributed by atoms with Crippen LogP contribution in [-0.2, 0) is 9.78 Å². The smallest absolute Gasteiger partial charge is 0.104 e. The molecule has 11 heavy (non-hydrogen) atoms. The van der Waals surface area contributed by atoms with Gasteiger partial charge in [0.15, 0.2) is 0 Å². The molecule has 3 rings (SSSR count). The lowest BCUT2D eigenvalue weighted by molar-refractivity contribution is -0.290. The molecule has 1 fully saturated rings. The molecule has 0 aromatic rings. The van der Waals surface area contributed by atoms with Crippen molar-refractivity contribution in [1.29, 1.82) is 0 Å². The molecule has 0 N–H and O–H groups in total. The van der Waals surface area contributed by atoms with Crippen LogP contribution < -0.4 is 0 Å². The van der Waals surface area contributed by atoms with Crippen LogP contribution in [0.5, 0.6) is 0 Å². The predicted octanol–water partition coefficient (Wildman–Crippen LogP) is 1.67. The van der Waals surface area contributed by atoms with Crippen LogP contribution in [0, 0.1) is 11.8 Å². The van der Waals surface area contributed by atoms with Crippen molar-refractivity contribution in [2.45, 2.75) is 19.3 Å². The molecule has 1 saturated carbocycles. The summed E-state index contributed by atoms with van der Waals surface area (Å²) in [5.74, 6) is 1.72. The van der Waals surface area contributed by atoms with Crippen LogP contribution >= 0.6 is 0 Å². The summed E-state index contributed by atoms with van der Waals surface area (Å²) < 4.78 is 0. The highest BCUT2D eigenvalue weighted by Gasteiger charge is 2.40. The van der Waals surface area contributed by atoms with Gasteiger partial charge < -0.3 is 0 Å². The van der Waals surface area contributed by atoms with Gasteiger partial charge in [-0.25, -0.2) is 9.78 Å². The minimum Gasteiger partial charge on any atom is -0.232 e. The second kappa shape index (κ2) is 2.08. The maximum absolute atomic E-state index is 4.98. The Kier molecular flexibility index (Phi) is 1.17. The molecule has 0 aromatic carbocycles. The lowest BCUT2D eigenvalue weighted by Gasteiger charge is -2.23. The highest BCUT2D eigenvalue weighted by atomic mass is 17.2. The normalized spacial score (nSPS) is 41.5. The average Bonchev–Trinajstić information content (AvgIpc) is 2.64. The average molecular weight is 152 g/mol. The highest BCUT2D eigenvalue weighted by molar-refractivity contribution is 5.30. The van der Waals surface area contributed by atoms with Gasteiger partial charge in [0.2, 0.25) is 0 Å². The molecule has 0 spiro atoms. The summed E-state index contributed by atoms with van der Waals surface area (Å²) in [5.41, 5.74) is 3.15. The predicted molar refractivity (Wildman–Crippen MR) is 39.8 cm³/mol. The number of hydrogen-bond acceptors (Lipinski definition) is 2. The van der Waals surface area contributed by atoms with E-state index >= 15 is 0 Å². The quantitative estimate of drug-likeness (QED) is 0.388. The molecule has 2 atom stereocenters. The number of hydrogen-bond donors (Lipinski definition) is 0. The van der Waals surface area contributed by atoms with Gasteiger partial charge in [-0.3, -0.25) is 0 Å². The van der Waals surface area contributed by atoms with Crippen molar-refractivity contribution in [3.63, 3.8) is 0 Å². The summed E-state index contributed by atoms with van der Waals surface area (Å²) in [6.07, 6.45) is 4.18. The molecule has 0 amide bonds. The Morgan fingerprint density at radius 2 is 1.45 bits per heavy atom. The molecule has 3 aliphatic rings. The molecule has 2 bridgehead atoms. The number of fused-ring (bicyclic) bond motifs is 4. The summed E-state index contributed by atoms with van der Waals surface area (Å²) in [6, 6.07) is 0. The summed E-state index contributed by atoms with van der Waals surface area (Å²) in [6.45, 7) is 1.49. The molecule has 2 unspecified atom stereocenters.